The summed E-state index contributed by atoms with van der Waals surface area (Å²) in [7, 11) is 2.12. The van der Waals surface area contributed by atoms with Gasteiger partial charge in [-0.3, -0.25) is 4.79 Å². The third kappa shape index (κ3) is 2.61. The van der Waals surface area contributed by atoms with Gasteiger partial charge in [0, 0.05) is 31.7 Å². The van der Waals surface area contributed by atoms with E-state index >= 15 is 0 Å². The fraction of sp³-hybridized carbons (Fsp3) is 0.438. The number of fused-ring (bicyclic) bond motifs is 2. The number of rotatable bonds is 2. The van der Waals surface area contributed by atoms with E-state index < -0.39 is 0 Å². The first-order valence-corrected chi connectivity index (χ1v) is 7.77. The van der Waals surface area contributed by atoms with Crippen LogP contribution in [0, 0.1) is 17.7 Å². The second kappa shape index (κ2) is 5.42. The molecule has 120 valence electrons. The maximum atomic E-state index is 13.2. The molecule has 1 N–H and O–H groups in total. The van der Waals surface area contributed by atoms with Crippen molar-refractivity contribution in [2.75, 3.05) is 25.5 Å². The highest BCUT2D eigenvalue weighted by Gasteiger charge is 2.37. The first kappa shape index (κ1) is 14.3. The van der Waals surface area contributed by atoms with Crippen molar-refractivity contribution in [2.24, 2.45) is 11.8 Å². The molecule has 0 spiro atoms. The third-order valence-corrected chi connectivity index (χ3v) is 4.73. The lowest BCUT2D eigenvalue weighted by molar-refractivity contribution is 0.100. The summed E-state index contributed by atoms with van der Waals surface area (Å²) in [6.07, 6.45) is 0.856. The van der Waals surface area contributed by atoms with Gasteiger partial charge >= 0.3 is 0 Å². The Morgan fingerprint density at radius 2 is 2.09 bits per heavy atom. The average Bonchev–Trinajstić information content (AvgIpc) is 3.06. The minimum absolute atomic E-state index is 0.303. The standard InChI is InChI=1S/C16H18FN5O/c1-21-7-10-5-14-19-20-15(22(14)9-11(10)8-21)16(23)18-13-4-2-3-12(17)6-13/h2-4,6,10-11H,5,7-9H2,1H3,(H,18,23). The fourth-order valence-corrected chi connectivity index (χ4v) is 3.68. The van der Waals surface area contributed by atoms with Crippen molar-refractivity contribution in [1.29, 1.82) is 0 Å². The molecule has 3 heterocycles. The molecule has 1 fully saturated rings. The topological polar surface area (TPSA) is 63.1 Å². The predicted octanol–water partition coefficient (Wildman–Crippen LogP) is 1.40. The van der Waals surface area contributed by atoms with E-state index in [-0.39, 0.29) is 11.7 Å². The van der Waals surface area contributed by atoms with E-state index in [9.17, 15) is 9.18 Å². The van der Waals surface area contributed by atoms with Crippen LogP contribution >= 0.6 is 0 Å². The number of hydrogen-bond donors (Lipinski definition) is 1. The second-order valence-electron chi connectivity index (χ2n) is 6.46. The Hall–Kier alpha value is -2.28. The number of nitrogens with zero attached hydrogens (tertiary/aromatic N) is 4. The highest BCUT2D eigenvalue weighted by Crippen LogP contribution is 2.31. The van der Waals surface area contributed by atoms with Gasteiger partial charge in [-0.1, -0.05) is 6.07 Å². The number of carbonyl (C=O) groups is 1. The quantitative estimate of drug-likeness (QED) is 0.910. The first-order valence-electron chi connectivity index (χ1n) is 7.77. The fourth-order valence-electron chi connectivity index (χ4n) is 3.68. The summed E-state index contributed by atoms with van der Waals surface area (Å²) in [5.74, 6) is 1.56. The Morgan fingerprint density at radius 1 is 1.26 bits per heavy atom. The lowest BCUT2D eigenvalue weighted by Gasteiger charge is -2.25. The van der Waals surface area contributed by atoms with E-state index in [1.807, 2.05) is 4.57 Å². The molecule has 1 aromatic heterocycles. The summed E-state index contributed by atoms with van der Waals surface area (Å²) >= 11 is 0. The van der Waals surface area contributed by atoms with E-state index in [0.717, 1.165) is 31.9 Å². The van der Waals surface area contributed by atoms with Crippen molar-refractivity contribution in [3.63, 3.8) is 0 Å². The zero-order valence-corrected chi connectivity index (χ0v) is 12.9. The van der Waals surface area contributed by atoms with Gasteiger partial charge in [0.1, 0.15) is 11.6 Å². The van der Waals surface area contributed by atoms with Crippen LogP contribution in [-0.4, -0.2) is 45.7 Å². The van der Waals surface area contributed by atoms with Crippen molar-refractivity contribution in [2.45, 2.75) is 13.0 Å². The van der Waals surface area contributed by atoms with Crippen LogP contribution in [0.25, 0.3) is 0 Å². The van der Waals surface area contributed by atoms with Crippen LogP contribution in [0.3, 0.4) is 0 Å². The zero-order valence-electron chi connectivity index (χ0n) is 12.9. The number of halogens is 1. The summed E-state index contributed by atoms with van der Waals surface area (Å²) in [4.78, 5) is 14.8. The van der Waals surface area contributed by atoms with Crippen molar-refractivity contribution >= 4 is 11.6 Å². The normalized spacial score (nSPS) is 23.4. The maximum absolute atomic E-state index is 13.2. The van der Waals surface area contributed by atoms with E-state index in [2.05, 4.69) is 27.5 Å². The molecule has 0 bridgehead atoms. The highest BCUT2D eigenvalue weighted by molar-refractivity contribution is 6.01. The number of benzene rings is 1. The average molecular weight is 315 g/mol. The Labute approximate surface area is 133 Å². The number of carbonyl (C=O) groups excluding carboxylic acids is 1. The first-order chi connectivity index (χ1) is 11.1. The molecule has 0 radical (unpaired) electrons. The largest absolute Gasteiger partial charge is 0.319 e. The van der Waals surface area contributed by atoms with E-state index in [1.165, 1.54) is 12.1 Å². The molecule has 2 aromatic rings. The lowest BCUT2D eigenvalue weighted by atomic mass is 9.89. The highest BCUT2D eigenvalue weighted by atomic mass is 19.1. The van der Waals surface area contributed by atoms with Crippen molar-refractivity contribution < 1.29 is 9.18 Å². The van der Waals surface area contributed by atoms with Gasteiger partial charge in [-0.05, 0) is 37.1 Å². The molecule has 23 heavy (non-hydrogen) atoms. The van der Waals surface area contributed by atoms with Gasteiger partial charge in [-0.2, -0.15) is 0 Å². The Bertz CT molecular complexity index is 759. The molecule has 7 heteroatoms. The van der Waals surface area contributed by atoms with E-state index in [4.69, 9.17) is 0 Å². The number of likely N-dealkylation sites (tertiary alicyclic amines) is 1. The summed E-state index contributed by atoms with van der Waals surface area (Å²) < 4.78 is 15.1. The van der Waals surface area contributed by atoms with Crippen LogP contribution in [0.1, 0.15) is 16.4 Å². The number of hydrogen-bond acceptors (Lipinski definition) is 4. The van der Waals surface area contributed by atoms with Crippen molar-refractivity contribution in [1.82, 2.24) is 19.7 Å². The SMILES string of the molecule is CN1CC2Cc3nnc(C(=O)Nc4cccc(F)c4)n3CC2C1. The summed E-state index contributed by atoms with van der Waals surface area (Å²) in [6.45, 7) is 2.87. The number of amides is 1. The zero-order chi connectivity index (χ0) is 16.0. The van der Waals surface area contributed by atoms with Crippen LogP contribution in [0.4, 0.5) is 10.1 Å². The smallest absolute Gasteiger partial charge is 0.293 e. The molecule has 0 saturated carbocycles. The number of nitrogens with one attached hydrogen (secondary N) is 1. The van der Waals surface area contributed by atoms with Crippen LogP contribution in [0.2, 0.25) is 0 Å². The molecule has 2 aliphatic rings. The van der Waals surface area contributed by atoms with E-state index in [1.54, 1.807) is 12.1 Å². The summed E-state index contributed by atoms with van der Waals surface area (Å²) in [5, 5.41) is 10.9. The molecule has 0 aliphatic carbocycles. The number of aromatic nitrogens is 3. The molecule has 6 nitrogen and oxygen atoms in total. The number of anilines is 1. The van der Waals surface area contributed by atoms with E-state index in [0.29, 0.717) is 23.3 Å². The minimum Gasteiger partial charge on any atom is -0.319 e. The van der Waals surface area contributed by atoms with Gasteiger partial charge in [0.2, 0.25) is 5.82 Å². The Balaban J connectivity index is 1.56. The lowest BCUT2D eigenvalue weighted by Crippen LogP contribution is -2.31. The molecule has 1 saturated heterocycles. The van der Waals surface area contributed by atoms with Gasteiger partial charge in [0.05, 0.1) is 0 Å². The molecular formula is C16H18FN5O. The summed E-state index contributed by atoms with van der Waals surface area (Å²) in [6, 6.07) is 5.83. The predicted molar refractivity (Wildman–Crippen MR) is 82.6 cm³/mol. The Morgan fingerprint density at radius 3 is 2.91 bits per heavy atom. The van der Waals surface area contributed by atoms with Gasteiger partial charge < -0.3 is 14.8 Å². The Kier molecular flexibility index (Phi) is 3.37. The molecule has 2 atom stereocenters. The van der Waals surface area contributed by atoms with Gasteiger partial charge in [0.25, 0.3) is 5.91 Å². The maximum Gasteiger partial charge on any atom is 0.293 e. The van der Waals surface area contributed by atoms with Gasteiger partial charge in [-0.15, -0.1) is 10.2 Å². The van der Waals surface area contributed by atoms with Crippen LogP contribution in [-0.2, 0) is 13.0 Å². The molecular weight excluding hydrogens is 297 g/mol. The molecule has 2 unspecified atom stereocenters. The molecule has 1 aromatic carbocycles. The molecule has 4 rings (SSSR count). The van der Waals surface area contributed by atoms with Crippen molar-refractivity contribution in [3.8, 4) is 0 Å². The molecule has 1 amide bonds. The monoisotopic (exact) mass is 315 g/mol. The second-order valence-corrected chi connectivity index (χ2v) is 6.46. The summed E-state index contributed by atoms with van der Waals surface area (Å²) in [5.41, 5.74) is 0.418. The van der Waals surface area contributed by atoms with Crippen molar-refractivity contribution in [3.05, 3.63) is 41.7 Å². The molecule has 2 aliphatic heterocycles. The van der Waals surface area contributed by atoms with Gasteiger partial charge in [-0.25, -0.2) is 4.39 Å². The van der Waals surface area contributed by atoms with Gasteiger partial charge in [0.15, 0.2) is 0 Å². The minimum atomic E-state index is -0.386. The third-order valence-electron chi connectivity index (χ3n) is 4.73. The van der Waals surface area contributed by atoms with Crippen LogP contribution < -0.4 is 5.32 Å². The van der Waals surface area contributed by atoms with Crippen LogP contribution in [0.5, 0.6) is 0 Å². The van der Waals surface area contributed by atoms with Crippen LogP contribution in [0.15, 0.2) is 24.3 Å².